The number of rotatable bonds is 2. The molecule has 1 aromatic rings. The van der Waals surface area contributed by atoms with Gasteiger partial charge in [-0.1, -0.05) is 0 Å². The molecule has 1 N–H and O–H groups in total. The van der Waals surface area contributed by atoms with Crippen LogP contribution in [-0.4, -0.2) is 17.0 Å². The number of hydrogen-bond acceptors (Lipinski definition) is 3. The molecule has 0 radical (unpaired) electrons. The van der Waals surface area contributed by atoms with Gasteiger partial charge in [-0.15, -0.1) is 0 Å². The quantitative estimate of drug-likeness (QED) is 0.767. The third-order valence-electron chi connectivity index (χ3n) is 3.24. The molecular weight excluding hydrogens is 174 g/mol. The number of nitrogens with one attached hydrogen (secondary N) is 1. The Morgan fingerprint density at radius 2 is 2.21 bits per heavy atom. The topological polar surface area (TPSA) is 37.8 Å². The van der Waals surface area contributed by atoms with E-state index in [2.05, 4.69) is 10.3 Å². The first-order valence-corrected chi connectivity index (χ1v) is 5.41. The van der Waals surface area contributed by atoms with Crippen molar-refractivity contribution < 1.29 is 0 Å². The lowest BCUT2D eigenvalue weighted by molar-refractivity contribution is 0.576. The highest BCUT2D eigenvalue weighted by atomic mass is 15.0. The summed E-state index contributed by atoms with van der Waals surface area (Å²) in [5.74, 6) is 1.74. The first kappa shape index (κ1) is 8.36. The molecule has 1 unspecified atom stereocenters. The Morgan fingerprint density at radius 1 is 1.36 bits per heavy atom. The molecule has 3 nitrogen and oxygen atoms in total. The Labute approximate surface area is 84.0 Å². The van der Waals surface area contributed by atoms with Crippen molar-refractivity contribution >= 4 is 0 Å². The van der Waals surface area contributed by atoms with E-state index < -0.39 is 0 Å². The predicted octanol–water partition coefficient (Wildman–Crippen LogP) is 1.56. The number of aromatic nitrogens is 2. The van der Waals surface area contributed by atoms with Gasteiger partial charge in [-0.3, -0.25) is 0 Å². The fourth-order valence-electron chi connectivity index (χ4n) is 2.18. The fourth-order valence-corrected chi connectivity index (χ4v) is 2.18. The maximum absolute atomic E-state index is 4.69. The average Bonchev–Trinajstić information content (AvgIpc) is 2.98. The number of hydrogen-bond donors (Lipinski definition) is 1. The van der Waals surface area contributed by atoms with Crippen molar-refractivity contribution in [2.24, 2.45) is 0 Å². The molecule has 0 saturated heterocycles. The van der Waals surface area contributed by atoms with Gasteiger partial charge in [0.25, 0.3) is 0 Å². The number of fused-ring (bicyclic) bond motifs is 1. The van der Waals surface area contributed by atoms with Crippen LogP contribution in [0, 0.1) is 0 Å². The first-order valence-electron chi connectivity index (χ1n) is 5.41. The summed E-state index contributed by atoms with van der Waals surface area (Å²) in [6.45, 7) is 0. The van der Waals surface area contributed by atoms with Crippen molar-refractivity contribution in [2.75, 3.05) is 7.05 Å². The number of nitrogens with zero attached hydrogens (tertiary/aromatic N) is 2. The summed E-state index contributed by atoms with van der Waals surface area (Å²) in [6, 6.07) is 0.463. The van der Waals surface area contributed by atoms with Gasteiger partial charge in [-0.2, -0.15) is 0 Å². The Bertz CT molecular complexity index is 358. The van der Waals surface area contributed by atoms with Crippen molar-refractivity contribution in [3.05, 3.63) is 23.3 Å². The molecule has 1 fully saturated rings. The zero-order valence-corrected chi connectivity index (χ0v) is 8.45. The van der Waals surface area contributed by atoms with E-state index in [0.717, 1.165) is 12.2 Å². The molecule has 14 heavy (non-hydrogen) atoms. The first-order chi connectivity index (χ1) is 6.88. The van der Waals surface area contributed by atoms with Crippen molar-refractivity contribution in [1.29, 1.82) is 0 Å². The molecule has 2 aliphatic rings. The second-order valence-electron chi connectivity index (χ2n) is 4.29. The van der Waals surface area contributed by atoms with Gasteiger partial charge >= 0.3 is 0 Å². The predicted molar refractivity (Wildman–Crippen MR) is 54.1 cm³/mol. The number of aryl methyl sites for hydroxylation is 1. The van der Waals surface area contributed by atoms with Gasteiger partial charge in [0.1, 0.15) is 5.82 Å². The van der Waals surface area contributed by atoms with E-state index >= 15 is 0 Å². The molecule has 2 aliphatic carbocycles. The highest BCUT2D eigenvalue weighted by molar-refractivity contribution is 5.27. The fraction of sp³-hybridized carbons (Fsp3) is 0.636. The van der Waals surface area contributed by atoms with E-state index in [0.29, 0.717) is 12.0 Å². The molecule has 0 bridgehead atoms. The van der Waals surface area contributed by atoms with Crippen molar-refractivity contribution in [3.63, 3.8) is 0 Å². The van der Waals surface area contributed by atoms with E-state index in [4.69, 9.17) is 4.98 Å². The smallest absolute Gasteiger partial charge is 0.131 e. The molecule has 3 heteroatoms. The molecule has 1 aromatic heterocycles. The lowest BCUT2D eigenvalue weighted by Crippen LogP contribution is -2.15. The summed E-state index contributed by atoms with van der Waals surface area (Å²) in [6.07, 6.45) is 6.90. The van der Waals surface area contributed by atoms with E-state index in [-0.39, 0.29) is 0 Å². The van der Waals surface area contributed by atoms with Gasteiger partial charge < -0.3 is 5.32 Å². The Morgan fingerprint density at radius 3 is 2.93 bits per heavy atom. The lowest BCUT2D eigenvalue weighted by Gasteiger charge is -2.09. The average molecular weight is 189 g/mol. The normalized spacial score (nSPS) is 25.1. The monoisotopic (exact) mass is 189 g/mol. The minimum Gasteiger partial charge on any atom is -0.312 e. The SMILES string of the molecule is CNC1CCc2cnc(C3CC3)nc21. The van der Waals surface area contributed by atoms with Gasteiger partial charge in [0, 0.05) is 18.2 Å². The summed E-state index contributed by atoms with van der Waals surface area (Å²) in [5.41, 5.74) is 2.60. The lowest BCUT2D eigenvalue weighted by atomic mass is 10.2. The third kappa shape index (κ3) is 1.23. The summed E-state index contributed by atoms with van der Waals surface area (Å²) in [7, 11) is 2.01. The standard InChI is InChI=1S/C11H15N3/c1-12-9-5-4-8-6-13-11(7-2-3-7)14-10(8)9/h6-7,9,12H,2-5H2,1H3. The molecule has 1 heterocycles. The Balaban J connectivity index is 1.99. The molecular formula is C11H15N3. The second-order valence-corrected chi connectivity index (χ2v) is 4.29. The van der Waals surface area contributed by atoms with Crippen LogP contribution < -0.4 is 5.32 Å². The maximum Gasteiger partial charge on any atom is 0.131 e. The van der Waals surface area contributed by atoms with E-state index in [9.17, 15) is 0 Å². The van der Waals surface area contributed by atoms with Crippen LogP contribution in [0.5, 0.6) is 0 Å². The summed E-state index contributed by atoms with van der Waals surface area (Å²) in [4.78, 5) is 9.14. The van der Waals surface area contributed by atoms with Crippen LogP contribution in [-0.2, 0) is 6.42 Å². The van der Waals surface area contributed by atoms with Crippen LogP contribution in [0.15, 0.2) is 6.20 Å². The van der Waals surface area contributed by atoms with Crippen LogP contribution in [0.25, 0.3) is 0 Å². The van der Waals surface area contributed by atoms with Crippen LogP contribution >= 0.6 is 0 Å². The van der Waals surface area contributed by atoms with Gasteiger partial charge in [-0.05, 0) is 38.3 Å². The van der Waals surface area contributed by atoms with Gasteiger partial charge in [0.15, 0.2) is 0 Å². The molecule has 74 valence electrons. The largest absolute Gasteiger partial charge is 0.312 e. The van der Waals surface area contributed by atoms with Crippen molar-refractivity contribution in [2.45, 2.75) is 37.6 Å². The molecule has 0 amide bonds. The van der Waals surface area contributed by atoms with E-state index in [1.807, 2.05) is 13.2 Å². The highest BCUT2D eigenvalue weighted by Gasteiger charge is 2.30. The Kier molecular flexibility index (Phi) is 1.80. The third-order valence-corrected chi connectivity index (χ3v) is 3.24. The van der Waals surface area contributed by atoms with E-state index in [1.54, 1.807) is 0 Å². The van der Waals surface area contributed by atoms with Crippen LogP contribution in [0.3, 0.4) is 0 Å². The maximum atomic E-state index is 4.69. The van der Waals surface area contributed by atoms with Crippen LogP contribution in [0.2, 0.25) is 0 Å². The van der Waals surface area contributed by atoms with Crippen LogP contribution in [0.4, 0.5) is 0 Å². The van der Waals surface area contributed by atoms with Gasteiger partial charge in [0.2, 0.25) is 0 Å². The molecule has 0 aromatic carbocycles. The molecule has 0 aliphatic heterocycles. The second kappa shape index (κ2) is 3.02. The van der Waals surface area contributed by atoms with Crippen molar-refractivity contribution in [3.8, 4) is 0 Å². The molecule has 0 spiro atoms. The summed E-state index contributed by atoms with van der Waals surface area (Å²) < 4.78 is 0. The summed E-state index contributed by atoms with van der Waals surface area (Å²) in [5, 5.41) is 3.32. The summed E-state index contributed by atoms with van der Waals surface area (Å²) >= 11 is 0. The molecule has 1 saturated carbocycles. The highest BCUT2D eigenvalue weighted by Crippen LogP contribution is 2.39. The van der Waals surface area contributed by atoms with E-state index in [1.165, 1.54) is 30.5 Å². The Hall–Kier alpha value is -0.960. The zero-order valence-electron chi connectivity index (χ0n) is 8.45. The molecule has 1 atom stereocenters. The van der Waals surface area contributed by atoms with Gasteiger partial charge in [0.05, 0.1) is 5.69 Å². The van der Waals surface area contributed by atoms with Gasteiger partial charge in [-0.25, -0.2) is 9.97 Å². The van der Waals surface area contributed by atoms with Crippen LogP contribution in [0.1, 0.15) is 48.3 Å². The minimum atomic E-state index is 0.463. The minimum absolute atomic E-state index is 0.463. The van der Waals surface area contributed by atoms with Crippen molar-refractivity contribution in [1.82, 2.24) is 15.3 Å². The molecule has 3 rings (SSSR count). The zero-order chi connectivity index (χ0) is 9.54.